The molecule has 0 N–H and O–H groups in total. The third-order valence-corrected chi connectivity index (χ3v) is 2.41. The van der Waals surface area contributed by atoms with Crippen molar-refractivity contribution in [1.82, 2.24) is 0 Å². The van der Waals surface area contributed by atoms with E-state index in [1.54, 1.807) is 0 Å². The van der Waals surface area contributed by atoms with E-state index in [0.29, 0.717) is 12.2 Å². The van der Waals surface area contributed by atoms with Crippen LogP contribution in [-0.4, -0.2) is 11.1 Å². The molecule has 1 aliphatic rings. The summed E-state index contributed by atoms with van der Waals surface area (Å²) < 4.78 is 0. The summed E-state index contributed by atoms with van der Waals surface area (Å²) >= 11 is 3.35. The van der Waals surface area contributed by atoms with E-state index in [2.05, 4.69) is 22.0 Å². The lowest BCUT2D eigenvalue weighted by molar-refractivity contribution is -0.118. The minimum Gasteiger partial charge on any atom is -0.299 e. The molecule has 0 amide bonds. The molecule has 0 bridgehead atoms. The standard InChI is InChI=1S/C8H11BrO/c9-6-7-3-1-2-4-8(10)5-7/h3H,1-2,4-6H2. The summed E-state index contributed by atoms with van der Waals surface area (Å²) in [6.45, 7) is 0. The summed E-state index contributed by atoms with van der Waals surface area (Å²) in [5.74, 6) is 0.392. The highest BCUT2D eigenvalue weighted by Gasteiger charge is 2.07. The maximum Gasteiger partial charge on any atom is 0.136 e. The Labute approximate surface area is 69.6 Å². The fourth-order valence-corrected chi connectivity index (χ4v) is 1.55. The van der Waals surface area contributed by atoms with Crippen molar-refractivity contribution in [3.8, 4) is 0 Å². The maximum atomic E-state index is 11.0. The molecule has 1 nitrogen and oxygen atoms in total. The van der Waals surface area contributed by atoms with Gasteiger partial charge in [0.05, 0.1) is 0 Å². The Morgan fingerprint density at radius 2 is 2.40 bits per heavy atom. The molecule has 0 fully saturated rings. The van der Waals surface area contributed by atoms with E-state index in [1.165, 1.54) is 5.57 Å². The summed E-state index contributed by atoms with van der Waals surface area (Å²) in [4.78, 5) is 11.0. The van der Waals surface area contributed by atoms with E-state index < -0.39 is 0 Å². The monoisotopic (exact) mass is 202 g/mol. The van der Waals surface area contributed by atoms with E-state index in [1.807, 2.05) is 0 Å². The second-order valence-electron chi connectivity index (χ2n) is 2.60. The first-order valence-corrected chi connectivity index (χ1v) is 4.70. The van der Waals surface area contributed by atoms with Crippen molar-refractivity contribution >= 4 is 21.7 Å². The van der Waals surface area contributed by atoms with Gasteiger partial charge in [-0.15, -0.1) is 0 Å². The zero-order valence-electron chi connectivity index (χ0n) is 5.90. The summed E-state index contributed by atoms with van der Waals surface area (Å²) in [6.07, 6.45) is 5.74. The minimum absolute atomic E-state index is 0.392. The lowest BCUT2D eigenvalue weighted by Crippen LogP contribution is -1.96. The highest BCUT2D eigenvalue weighted by Crippen LogP contribution is 2.15. The third-order valence-electron chi connectivity index (χ3n) is 1.69. The SMILES string of the molecule is O=C1CCCC=C(CBr)C1. The van der Waals surface area contributed by atoms with Crippen LogP contribution in [0.25, 0.3) is 0 Å². The van der Waals surface area contributed by atoms with E-state index >= 15 is 0 Å². The number of carbonyl (C=O) groups excluding carboxylic acids is 1. The number of halogens is 1. The zero-order valence-corrected chi connectivity index (χ0v) is 7.49. The van der Waals surface area contributed by atoms with Gasteiger partial charge in [0.1, 0.15) is 5.78 Å². The molecule has 0 radical (unpaired) electrons. The average Bonchev–Trinajstić information content (AvgIpc) is 2.13. The first-order chi connectivity index (χ1) is 4.83. The Bertz CT molecular complexity index is 161. The van der Waals surface area contributed by atoms with Gasteiger partial charge in [0, 0.05) is 18.2 Å². The van der Waals surface area contributed by atoms with E-state index in [9.17, 15) is 4.79 Å². The van der Waals surface area contributed by atoms with E-state index in [-0.39, 0.29) is 0 Å². The minimum atomic E-state index is 0.392. The van der Waals surface area contributed by atoms with Crippen molar-refractivity contribution in [2.75, 3.05) is 5.33 Å². The summed E-state index contributed by atoms with van der Waals surface area (Å²) in [7, 11) is 0. The Kier molecular flexibility index (Phi) is 3.13. The average molecular weight is 203 g/mol. The molecule has 56 valence electrons. The van der Waals surface area contributed by atoms with Crippen LogP contribution in [0.2, 0.25) is 0 Å². The Balaban J connectivity index is 2.54. The lowest BCUT2D eigenvalue weighted by atomic mass is 10.1. The smallest absolute Gasteiger partial charge is 0.136 e. The molecule has 0 aromatic heterocycles. The molecule has 0 saturated heterocycles. The Morgan fingerprint density at radius 3 is 3.10 bits per heavy atom. The molecule has 0 atom stereocenters. The molecule has 1 aliphatic carbocycles. The van der Waals surface area contributed by atoms with Gasteiger partial charge < -0.3 is 0 Å². The lowest BCUT2D eigenvalue weighted by Gasteiger charge is -1.96. The van der Waals surface area contributed by atoms with Crippen LogP contribution in [-0.2, 0) is 4.79 Å². The van der Waals surface area contributed by atoms with Gasteiger partial charge in [-0.05, 0) is 12.8 Å². The second-order valence-corrected chi connectivity index (χ2v) is 3.16. The molecule has 0 saturated carbocycles. The maximum absolute atomic E-state index is 11.0. The molecule has 2 heteroatoms. The van der Waals surface area contributed by atoms with Crippen LogP contribution in [0.4, 0.5) is 0 Å². The molecular formula is C8H11BrO. The highest BCUT2D eigenvalue weighted by atomic mass is 79.9. The number of rotatable bonds is 1. The Morgan fingerprint density at radius 1 is 1.60 bits per heavy atom. The fourth-order valence-electron chi connectivity index (χ4n) is 1.12. The molecule has 1 rings (SSSR count). The number of hydrogen-bond acceptors (Lipinski definition) is 1. The summed E-state index contributed by atoms with van der Waals surface area (Å²) in [5, 5.41) is 0.860. The van der Waals surface area contributed by atoms with Gasteiger partial charge in [0.2, 0.25) is 0 Å². The predicted molar refractivity (Wildman–Crippen MR) is 45.4 cm³/mol. The number of hydrogen-bond donors (Lipinski definition) is 0. The highest BCUT2D eigenvalue weighted by molar-refractivity contribution is 9.09. The number of carbonyl (C=O) groups is 1. The van der Waals surface area contributed by atoms with Crippen LogP contribution in [0.15, 0.2) is 11.6 Å². The zero-order chi connectivity index (χ0) is 7.40. The van der Waals surface area contributed by atoms with Gasteiger partial charge in [0.25, 0.3) is 0 Å². The molecule has 0 unspecified atom stereocenters. The van der Waals surface area contributed by atoms with Gasteiger partial charge in [-0.2, -0.15) is 0 Å². The number of alkyl halides is 1. The van der Waals surface area contributed by atoms with Gasteiger partial charge in [-0.3, -0.25) is 4.79 Å². The quantitative estimate of drug-likeness (QED) is 0.472. The molecule has 0 spiro atoms. The van der Waals surface area contributed by atoms with Crippen LogP contribution in [0.1, 0.15) is 25.7 Å². The van der Waals surface area contributed by atoms with Crippen LogP contribution in [0.3, 0.4) is 0 Å². The van der Waals surface area contributed by atoms with Crippen LogP contribution in [0.5, 0.6) is 0 Å². The molecule has 0 aromatic carbocycles. The summed E-state index contributed by atoms with van der Waals surface area (Å²) in [5.41, 5.74) is 1.25. The van der Waals surface area contributed by atoms with Crippen LogP contribution in [0, 0.1) is 0 Å². The molecular weight excluding hydrogens is 192 g/mol. The van der Waals surface area contributed by atoms with Crippen molar-refractivity contribution in [3.05, 3.63) is 11.6 Å². The first-order valence-electron chi connectivity index (χ1n) is 3.58. The second kappa shape index (κ2) is 3.91. The predicted octanol–water partition coefficient (Wildman–Crippen LogP) is 2.45. The van der Waals surface area contributed by atoms with Gasteiger partial charge in [0.15, 0.2) is 0 Å². The van der Waals surface area contributed by atoms with E-state index in [4.69, 9.17) is 0 Å². The Hall–Kier alpha value is -0.110. The van der Waals surface area contributed by atoms with Crippen molar-refractivity contribution in [2.45, 2.75) is 25.7 Å². The van der Waals surface area contributed by atoms with E-state index in [0.717, 1.165) is 24.6 Å². The third kappa shape index (κ3) is 2.25. The van der Waals surface area contributed by atoms with Crippen LogP contribution < -0.4 is 0 Å². The molecule has 10 heavy (non-hydrogen) atoms. The summed E-state index contributed by atoms with van der Waals surface area (Å²) in [6, 6.07) is 0. The largest absolute Gasteiger partial charge is 0.299 e. The van der Waals surface area contributed by atoms with Crippen molar-refractivity contribution in [3.63, 3.8) is 0 Å². The topological polar surface area (TPSA) is 17.1 Å². The van der Waals surface area contributed by atoms with Crippen LogP contribution >= 0.6 is 15.9 Å². The number of allylic oxidation sites excluding steroid dienone is 2. The molecule has 0 heterocycles. The van der Waals surface area contributed by atoms with Crippen molar-refractivity contribution in [1.29, 1.82) is 0 Å². The van der Waals surface area contributed by atoms with Gasteiger partial charge in [-0.25, -0.2) is 0 Å². The molecule has 0 aromatic rings. The van der Waals surface area contributed by atoms with Crippen molar-refractivity contribution in [2.24, 2.45) is 0 Å². The van der Waals surface area contributed by atoms with Crippen molar-refractivity contribution < 1.29 is 4.79 Å². The first kappa shape index (κ1) is 7.99. The molecule has 0 aliphatic heterocycles. The number of ketones is 1. The normalized spacial score (nSPS) is 20.1. The van der Waals surface area contributed by atoms with Gasteiger partial charge in [-0.1, -0.05) is 27.6 Å². The fraction of sp³-hybridized carbons (Fsp3) is 0.625. The van der Waals surface area contributed by atoms with Gasteiger partial charge >= 0.3 is 0 Å². The number of Topliss-reactive ketones (excluding diaryl/α,β-unsaturated/α-hetero) is 1.